The van der Waals surface area contributed by atoms with Crippen LogP contribution in [0.15, 0.2) is 24.5 Å². The van der Waals surface area contributed by atoms with Crippen molar-refractivity contribution in [3.05, 3.63) is 30.1 Å². The normalized spacial score (nSPS) is 21.0. The highest BCUT2D eigenvalue weighted by atomic mass is 16.5. The Bertz CT molecular complexity index is 528. The summed E-state index contributed by atoms with van der Waals surface area (Å²) in [6, 6.07) is 3.65. The van der Waals surface area contributed by atoms with Gasteiger partial charge in [-0.05, 0) is 37.3 Å². The highest BCUT2D eigenvalue weighted by Gasteiger charge is 2.33. The van der Waals surface area contributed by atoms with Crippen molar-refractivity contribution in [2.24, 2.45) is 5.92 Å². The molecule has 2 fully saturated rings. The van der Waals surface area contributed by atoms with Crippen LogP contribution < -0.4 is 0 Å². The van der Waals surface area contributed by atoms with Gasteiger partial charge in [0.25, 0.3) is 0 Å². The summed E-state index contributed by atoms with van der Waals surface area (Å²) >= 11 is 0. The molecule has 0 bridgehead atoms. The number of amides is 1. The van der Waals surface area contributed by atoms with Gasteiger partial charge in [-0.3, -0.25) is 14.7 Å². The maximum Gasteiger partial charge on any atom is 0.244 e. The number of aromatic nitrogens is 1. The summed E-state index contributed by atoms with van der Waals surface area (Å²) < 4.78 is 10.9. The smallest absolute Gasteiger partial charge is 0.244 e. The number of morpholine rings is 1. The minimum atomic E-state index is -0.266. The van der Waals surface area contributed by atoms with E-state index in [1.165, 1.54) is 0 Å². The number of nitrogens with zero attached hydrogens (tertiary/aromatic N) is 3. The molecule has 3 heterocycles. The molecule has 0 unspecified atom stereocenters. The standard InChI is InChI=1S/C19H29N3O3/c1-2-21(15-16-5-10-24-11-6-16)19(23)18(17-4-3-7-20-14-17)22-8-12-25-13-9-22/h3-4,7,14,16,18H,2,5-6,8-13,15H2,1H3/t18-/m1/s1. The molecule has 1 atom stereocenters. The number of carbonyl (C=O) groups is 1. The molecule has 2 saturated heterocycles. The van der Waals surface area contributed by atoms with E-state index in [0.717, 1.165) is 57.8 Å². The second-order valence-electron chi connectivity index (χ2n) is 6.77. The fraction of sp³-hybridized carbons (Fsp3) is 0.684. The fourth-order valence-corrected chi connectivity index (χ4v) is 3.67. The molecule has 0 radical (unpaired) electrons. The Morgan fingerprint density at radius 1 is 1.28 bits per heavy atom. The van der Waals surface area contributed by atoms with Gasteiger partial charge >= 0.3 is 0 Å². The summed E-state index contributed by atoms with van der Waals surface area (Å²) in [6.45, 7) is 8.15. The summed E-state index contributed by atoms with van der Waals surface area (Å²) in [5, 5.41) is 0. The summed E-state index contributed by atoms with van der Waals surface area (Å²) in [5.41, 5.74) is 0.972. The Morgan fingerprint density at radius 2 is 2.00 bits per heavy atom. The van der Waals surface area contributed by atoms with Crippen LogP contribution >= 0.6 is 0 Å². The Balaban J connectivity index is 1.76. The Kier molecular flexibility index (Phi) is 6.78. The van der Waals surface area contributed by atoms with Gasteiger partial charge in [-0.15, -0.1) is 0 Å². The third-order valence-electron chi connectivity index (χ3n) is 5.16. The van der Waals surface area contributed by atoms with Gasteiger partial charge in [-0.25, -0.2) is 0 Å². The molecular formula is C19H29N3O3. The second-order valence-corrected chi connectivity index (χ2v) is 6.77. The lowest BCUT2D eigenvalue weighted by molar-refractivity contribution is -0.140. The van der Waals surface area contributed by atoms with Crippen molar-refractivity contribution in [3.8, 4) is 0 Å². The van der Waals surface area contributed by atoms with Gasteiger partial charge in [0.15, 0.2) is 0 Å². The van der Waals surface area contributed by atoms with Gasteiger partial charge in [0, 0.05) is 51.8 Å². The SMILES string of the molecule is CCN(CC1CCOCC1)C(=O)[C@@H](c1cccnc1)N1CCOCC1. The lowest BCUT2D eigenvalue weighted by atomic mass is 9.98. The van der Waals surface area contributed by atoms with Crippen LogP contribution in [0.3, 0.4) is 0 Å². The van der Waals surface area contributed by atoms with Crippen LogP contribution in [0.5, 0.6) is 0 Å². The van der Waals surface area contributed by atoms with Gasteiger partial charge in [-0.2, -0.15) is 0 Å². The number of hydrogen-bond donors (Lipinski definition) is 0. The van der Waals surface area contributed by atoms with Gasteiger partial charge in [0.1, 0.15) is 6.04 Å². The number of hydrogen-bond acceptors (Lipinski definition) is 5. The molecule has 0 aliphatic carbocycles. The minimum Gasteiger partial charge on any atom is -0.381 e. The molecule has 6 heteroatoms. The van der Waals surface area contributed by atoms with Crippen molar-refractivity contribution in [3.63, 3.8) is 0 Å². The molecule has 1 aromatic heterocycles. The average Bonchev–Trinajstić information content (AvgIpc) is 2.69. The van der Waals surface area contributed by atoms with E-state index in [9.17, 15) is 4.79 Å². The molecule has 2 aliphatic rings. The van der Waals surface area contributed by atoms with E-state index in [4.69, 9.17) is 9.47 Å². The van der Waals surface area contributed by atoms with Gasteiger partial charge in [-0.1, -0.05) is 6.07 Å². The highest BCUT2D eigenvalue weighted by molar-refractivity contribution is 5.83. The van der Waals surface area contributed by atoms with E-state index < -0.39 is 0 Å². The molecule has 138 valence electrons. The van der Waals surface area contributed by atoms with Crippen molar-refractivity contribution in [1.82, 2.24) is 14.8 Å². The molecule has 0 aromatic carbocycles. The largest absolute Gasteiger partial charge is 0.381 e. The molecule has 1 aromatic rings. The lowest BCUT2D eigenvalue weighted by Gasteiger charge is -2.37. The van der Waals surface area contributed by atoms with Crippen LogP contribution in [-0.2, 0) is 14.3 Å². The Labute approximate surface area is 150 Å². The quantitative estimate of drug-likeness (QED) is 0.784. The first-order chi connectivity index (χ1) is 12.3. The van der Waals surface area contributed by atoms with Crippen LogP contribution in [0.1, 0.15) is 31.4 Å². The van der Waals surface area contributed by atoms with Crippen molar-refractivity contribution in [1.29, 1.82) is 0 Å². The molecule has 6 nitrogen and oxygen atoms in total. The zero-order valence-electron chi connectivity index (χ0n) is 15.1. The van der Waals surface area contributed by atoms with Gasteiger partial charge < -0.3 is 14.4 Å². The van der Waals surface area contributed by atoms with E-state index >= 15 is 0 Å². The topological polar surface area (TPSA) is 54.9 Å². The summed E-state index contributed by atoms with van der Waals surface area (Å²) in [5.74, 6) is 0.723. The number of likely N-dealkylation sites (N-methyl/N-ethyl adjacent to an activating group) is 1. The Morgan fingerprint density at radius 3 is 2.64 bits per heavy atom. The molecule has 0 saturated carbocycles. The third kappa shape index (κ3) is 4.77. The predicted octanol–water partition coefficient (Wildman–Crippen LogP) is 1.73. The molecule has 2 aliphatic heterocycles. The highest BCUT2D eigenvalue weighted by Crippen LogP contribution is 2.25. The van der Waals surface area contributed by atoms with E-state index in [2.05, 4.69) is 16.8 Å². The summed E-state index contributed by atoms with van der Waals surface area (Å²) in [4.78, 5) is 21.9. The predicted molar refractivity (Wildman–Crippen MR) is 95.2 cm³/mol. The third-order valence-corrected chi connectivity index (χ3v) is 5.16. The van der Waals surface area contributed by atoms with Crippen LogP contribution in [0, 0.1) is 5.92 Å². The minimum absolute atomic E-state index is 0.184. The monoisotopic (exact) mass is 347 g/mol. The first-order valence-electron chi connectivity index (χ1n) is 9.38. The van der Waals surface area contributed by atoms with Crippen molar-refractivity contribution >= 4 is 5.91 Å². The zero-order chi connectivity index (χ0) is 17.5. The van der Waals surface area contributed by atoms with E-state index in [-0.39, 0.29) is 11.9 Å². The molecule has 0 spiro atoms. The molecule has 3 rings (SSSR count). The second kappa shape index (κ2) is 9.27. The average molecular weight is 347 g/mol. The van der Waals surface area contributed by atoms with Crippen molar-refractivity contribution in [2.75, 3.05) is 52.6 Å². The zero-order valence-corrected chi connectivity index (χ0v) is 15.1. The number of rotatable bonds is 6. The van der Waals surface area contributed by atoms with E-state index in [1.807, 2.05) is 23.2 Å². The van der Waals surface area contributed by atoms with Gasteiger partial charge in [0.05, 0.1) is 13.2 Å². The van der Waals surface area contributed by atoms with Crippen LogP contribution in [0.4, 0.5) is 0 Å². The summed E-state index contributed by atoms with van der Waals surface area (Å²) in [7, 11) is 0. The van der Waals surface area contributed by atoms with E-state index in [1.54, 1.807) is 6.20 Å². The molecule has 25 heavy (non-hydrogen) atoms. The van der Waals surface area contributed by atoms with Crippen molar-refractivity contribution < 1.29 is 14.3 Å². The molecule has 0 N–H and O–H groups in total. The van der Waals surface area contributed by atoms with Crippen LogP contribution in [-0.4, -0.2) is 73.3 Å². The maximum atomic E-state index is 13.4. The van der Waals surface area contributed by atoms with Gasteiger partial charge in [0.2, 0.25) is 5.91 Å². The van der Waals surface area contributed by atoms with E-state index in [0.29, 0.717) is 19.1 Å². The first kappa shape index (κ1) is 18.3. The first-order valence-corrected chi connectivity index (χ1v) is 9.38. The Hall–Kier alpha value is -1.50. The van der Waals surface area contributed by atoms with Crippen molar-refractivity contribution in [2.45, 2.75) is 25.8 Å². The lowest BCUT2D eigenvalue weighted by Crippen LogP contribution is -2.48. The number of ether oxygens (including phenoxy) is 2. The van der Waals surface area contributed by atoms with Crippen LogP contribution in [0.25, 0.3) is 0 Å². The molecule has 1 amide bonds. The molecular weight excluding hydrogens is 318 g/mol. The fourth-order valence-electron chi connectivity index (χ4n) is 3.67. The maximum absolute atomic E-state index is 13.4. The number of carbonyl (C=O) groups excluding carboxylic acids is 1. The number of pyridine rings is 1. The summed E-state index contributed by atoms with van der Waals surface area (Å²) in [6.07, 6.45) is 5.65. The van der Waals surface area contributed by atoms with Crippen LogP contribution in [0.2, 0.25) is 0 Å².